The molecule has 1 aliphatic carbocycles. The highest BCUT2D eigenvalue weighted by atomic mass is 19.2. The summed E-state index contributed by atoms with van der Waals surface area (Å²) in [5.74, 6) is -2.87. The molecule has 0 unspecified atom stereocenters. The Morgan fingerprint density at radius 3 is 2.50 bits per heavy atom. The lowest BCUT2D eigenvalue weighted by molar-refractivity contribution is 0.321. The van der Waals surface area contributed by atoms with Gasteiger partial charge >= 0.3 is 0 Å². The van der Waals surface area contributed by atoms with Crippen molar-refractivity contribution in [2.75, 3.05) is 20.1 Å². The Labute approximate surface area is 105 Å². The van der Waals surface area contributed by atoms with Crippen LogP contribution >= 0.6 is 0 Å². The lowest BCUT2D eigenvalue weighted by atomic mass is 10.2. The van der Waals surface area contributed by atoms with Crippen molar-refractivity contribution in [3.05, 3.63) is 35.1 Å². The summed E-state index contributed by atoms with van der Waals surface area (Å²) in [7, 11) is 2.05. The summed E-state index contributed by atoms with van der Waals surface area (Å²) in [4.78, 5) is 2.24. The molecule has 5 heteroatoms. The van der Waals surface area contributed by atoms with E-state index in [0.717, 1.165) is 12.6 Å². The Kier molecular flexibility index (Phi) is 4.24. The van der Waals surface area contributed by atoms with Crippen LogP contribution in [0.3, 0.4) is 0 Å². The first-order chi connectivity index (χ1) is 8.58. The van der Waals surface area contributed by atoms with Gasteiger partial charge in [0, 0.05) is 37.3 Å². The molecule has 1 N–H and O–H groups in total. The minimum absolute atomic E-state index is 0.156. The summed E-state index contributed by atoms with van der Waals surface area (Å²) in [6, 6.07) is 2.18. The van der Waals surface area contributed by atoms with Crippen molar-refractivity contribution in [2.24, 2.45) is 0 Å². The van der Waals surface area contributed by atoms with Gasteiger partial charge in [-0.1, -0.05) is 0 Å². The average molecular weight is 258 g/mol. The number of nitrogens with zero attached hydrogens (tertiary/aromatic N) is 1. The molecule has 100 valence electrons. The largest absolute Gasteiger partial charge is 0.311 e. The van der Waals surface area contributed by atoms with Gasteiger partial charge in [-0.3, -0.25) is 0 Å². The zero-order valence-electron chi connectivity index (χ0n) is 10.3. The van der Waals surface area contributed by atoms with Crippen LogP contribution in [0.1, 0.15) is 18.4 Å². The number of benzene rings is 1. The fourth-order valence-corrected chi connectivity index (χ4v) is 1.88. The second kappa shape index (κ2) is 5.71. The molecule has 0 amide bonds. The molecule has 0 atom stereocenters. The van der Waals surface area contributed by atoms with Crippen molar-refractivity contribution >= 4 is 0 Å². The maximum absolute atomic E-state index is 13.3. The van der Waals surface area contributed by atoms with E-state index in [1.165, 1.54) is 12.8 Å². The normalized spacial score (nSPS) is 15.4. The maximum Gasteiger partial charge on any atom is 0.161 e. The molecule has 2 nitrogen and oxygen atoms in total. The van der Waals surface area contributed by atoms with Crippen molar-refractivity contribution in [1.29, 1.82) is 0 Å². The van der Waals surface area contributed by atoms with Gasteiger partial charge in [0.25, 0.3) is 0 Å². The Hall–Kier alpha value is -1.07. The molecule has 0 heterocycles. The minimum Gasteiger partial charge on any atom is -0.311 e. The Bertz CT molecular complexity index is 419. The van der Waals surface area contributed by atoms with Gasteiger partial charge in [0.15, 0.2) is 11.6 Å². The van der Waals surface area contributed by atoms with Crippen molar-refractivity contribution in [2.45, 2.75) is 25.4 Å². The highest BCUT2D eigenvalue weighted by Crippen LogP contribution is 2.24. The van der Waals surface area contributed by atoms with Gasteiger partial charge in [0.05, 0.1) is 0 Å². The first-order valence-electron chi connectivity index (χ1n) is 6.12. The molecular weight excluding hydrogens is 241 g/mol. The molecule has 0 bridgehead atoms. The van der Waals surface area contributed by atoms with Crippen LogP contribution in [0.25, 0.3) is 0 Å². The summed E-state index contributed by atoms with van der Waals surface area (Å²) >= 11 is 0. The van der Waals surface area contributed by atoms with Crippen molar-refractivity contribution in [1.82, 2.24) is 10.2 Å². The Balaban J connectivity index is 1.77. The van der Waals surface area contributed by atoms with E-state index in [2.05, 4.69) is 17.3 Å². The van der Waals surface area contributed by atoms with E-state index in [1.54, 1.807) is 0 Å². The predicted octanol–water partition coefficient (Wildman–Crippen LogP) is 2.29. The number of likely N-dealkylation sites (N-methyl/N-ethyl adjacent to an activating group) is 1. The first kappa shape index (κ1) is 13.4. The Morgan fingerprint density at radius 1 is 1.17 bits per heavy atom. The highest BCUT2D eigenvalue weighted by Gasteiger charge is 2.25. The molecule has 0 aromatic heterocycles. The second-order valence-corrected chi connectivity index (χ2v) is 4.75. The lowest BCUT2D eigenvalue weighted by Gasteiger charge is -2.15. The van der Waals surface area contributed by atoms with E-state index in [9.17, 15) is 13.2 Å². The summed E-state index contributed by atoms with van der Waals surface area (Å²) in [5, 5.41) is 3.03. The fourth-order valence-electron chi connectivity index (χ4n) is 1.88. The standard InChI is InChI=1S/C13H17F3N2/c1-18(10-2-3-10)5-4-17-8-9-6-12(15)13(16)7-11(9)14/h6-7,10,17H,2-5,8H2,1H3. The molecule has 1 aromatic carbocycles. The molecule has 1 fully saturated rings. The molecule has 1 saturated carbocycles. The number of hydrogen-bond acceptors (Lipinski definition) is 2. The molecule has 1 aromatic rings. The zero-order chi connectivity index (χ0) is 13.1. The van der Waals surface area contributed by atoms with Crippen LogP contribution < -0.4 is 5.32 Å². The van der Waals surface area contributed by atoms with E-state index in [0.29, 0.717) is 18.7 Å². The van der Waals surface area contributed by atoms with Gasteiger partial charge in [-0.25, -0.2) is 13.2 Å². The average Bonchev–Trinajstić information content (AvgIpc) is 3.14. The van der Waals surface area contributed by atoms with E-state index in [-0.39, 0.29) is 12.1 Å². The quantitative estimate of drug-likeness (QED) is 0.622. The van der Waals surface area contributed by atoms with Gasteiger partial charge in [0.1, 0.15) is 5.82 Å². The van der Waals surface area contributed by atoms with Gasteiger partial charge in [0.2, 0.25) is 0 Å². The van der Waals surface area contributed by atoms with E-state index in [4.69, 9.17) is 0 Å². The number of hydrogen-bond donors (Lipinski definition) is 1. The third-order valence-corrected chi connectivity index (χ3v) is 3.22. The van der Waals surface area contributed by atoms with Gasteiger partial charge < -0.3 is 10.2 Å². The van der Waals surface area contributed by atoms with Crippen LogP contribution in [0.4, 0.5) is 13.2 Å². The smallest absolute Gasteiger partial charge is 0.161 e. The molecule has 0 aliphatic heterocycles. The van der Waals surface area contributed by atoms with Crippen LogP contribution in [-0.4, -0.2) is 31.1 Å². The molecule has 18 heavy (non-hydrogen) atoms. The lowest BCUT2D eigenvalue weighted by Crippen LogP contribution is -2.30. The SMILES string of the molecule is CN(CCNCc1cc(F)c(F)cc1F)C1CC1. The number of halogens is 3. The van der Waals surface area contributed by atoms with Crippen LogP contribution in [0.2, 0.25) is 0 Å². The van der Waals surface area contributed by atoms with Crippen LogP contribution in [0, 0.1) is 17.5 Å². The monoisotopic (exact) mass is 258 g/mol. The number of nitrogens with one attached hydrogen (secondary N) is 1. The van der Waals surface area contributed by atoms with Crippen molar-refractivity contribution < 1.29 is 13.2 Å². The van der Waals surface area contributed by atoms with Crippen LogP contribution in [0.5, 0.6) is 0 Å². The van der Waals surface area contributed by atoms with E-state index in [1.807, 2.05) is 0 Å². The second-order valence-electron chi connectivity index (χ2n) is 4.75. The molecule has 1 aliphatic rings. The molecular formula is C13H17F3N2. The summed E-state index contributed by atoms with van der Waals surface area (Å²) < 4.78 is 38.9. The fraction of sp³-hybridized carbons (Fsp3) is 0.538. The Morgan fingerprint density at radius 2 is 1.83 bits per heavy atom. The molecule has 2 rings (SSSR count). The third-order valence-electron chi connectivity index (χ3n) is 3.22. The molecule has 0 spiro atoms. The zero-order valence-corrected chi connectivity index (χ0v) is 10.3. The van der Waals surface area contributed by atoms with Gasteiger partial charge in [-0.05, 0) is 26.0 Å². The first-order valence-corrected chi connectivity index (χ1v) is 6.12. The molecule has 0 radical (unpaired) electrons. The number of rotatable bonds is 6. The van der Waals surface area contributed by atoms with Crippen molar-refractivity contribution in [3.8, 4) is 0 Å². The topological polar surface area (TPSA) is 15.3 Å². The van der Waals surface area contributed by atoms with Crippen LogP contribution in [-0.2, 0) is 6.54 Å². The van der Waals surface area contributed by atoms with Gasteiger partial charge in [-0.2, -0.15) is 0 Å². The van der Waals surface area contributed by atoms with Crippen molar-refractivity contribution in [3.63, 3.8) is 0 Å². The minimum atomic E-state index is -1.15. The highest BCUT2D eigenvalue weighted by molar-refractivity contribution is 5.19. The molecule has 0 saturated heterocycles. The summed E-state index contributed by atoms with van der Waals surface area (Å²) in [6.07, 6.45) is 2.49. The van der Waals surface area contributed by atoms with E-state index < -0.39 is 17.5 Å². The van der Waals surface area contributed by atoms with E-state index >= 15 is 0 Å². The van der Waals surface area contributed by atoms with Gasteiger partial charge in [-0.15, -0.1) is 0 Å². The third kappa shape index (κ3) is 3.46. The van der Waals surface area contributed by atoms with Crippen LogP contribution in [0.15, 0.2) is 12.1 Å². The predicted molar refractivity (Wildman–Crippen MR) is 63.7 cm³/mol. The summed E-state index contributed by atoms with van der Waals surface area (Å²) in [6.45, 7) is 1.78. The maximum atomic E-state index is 13.3. The summed E-state index contributed by atoms with van der Waals surface area (Å²) in [5.41, 5.74) is 0.156.